The third-order valence-electron chi connectivity index (χ3n) is 6.65. The highest BCUT2D eigenvalue weighted by Gasteiger charge is 2.41. The van der Waals surface area contributed by atoms with Gasteiger partial charge in [-0.1, -0.05) is 42.5 Å². The fourth-order valence-electron chi connectivity index (χ4n) is 5.26. The molecule has 0 radical (unpaired) electrons. The maximum atomic E-state index is 5.88. The maximum Gasteiger partial charge on any atom is 0.170 e. The Balaban J connectivity index is 1.63. The Morgan fingerprint density at radius 1 is 0.882 bits per heavy atom. The van der Waals surface area contributed by atoms with Gasteiger partial charge in [0.15, 0.2) is 5.11 Å². The minimum Gasteiger partial charge on any atom is -0.352 e. The van der Waals surface area contributed by atoms with Crippen molar-refractivity contribution in [2.45, 2.75) is 46.3 Å². The molecular formula is C29H30N4S. The summed E-state index contributed by atoms with van der Waals surface area (Å²) >= 11 is 5.88. The third kappa shape index (κ3) is 4.12. The van der Waals surface area contributed by atoms with Crippen LogP contribution in [-0.4, -0.2) is 19.6 Å². The normalized spacial score (nSPS) is 17.8. The molecule has 0 amide bonds. The molecule has 172 valence electrons. The van der Waals surface area contributed by atoms with E-state index < -0.39 is 0 Å². The Hall–Kier alpha value is -3.44. The maximum absolute atomic E-state index is 5.88. The minimum atomic E-state index is -0.0226. The molecule has 0 saturated carbocycles. The van der Waals surface area contributed by atoms with Crippen molar-refractivity contribution in [3.63, 3.8) is 0 Å². The van der Waals surface area contributed by atoms with Gasteiger partial charge in [-0.05, 0) is 92.5 Å². The van der Waals surface area contributed by atoms with E-state index >= 15 is 0 Å². The molecule has 0 spiro atoms. The molecular weight excluding hydrogens is 436 g/mol. The first-order valence-electron chi connectivity index (χ1n) is 11.7. The van der Waals surface area contributed by atoms with Crippen LogP contribution in [0.1, 0.15) is 51.4 Å². The van der Waals surface area contributed by atoms with Crippen molar-refractivity contribution in [2.75, 3.05) is 0 Å². The van der Waals surface area contributed by atoms with Gasteiger partial charge >= 0.3 is 0 Å². The fourth-order valence-corrected chi connectivity index (χ4v) is 5.56. The Morgan fingerprint density at radius 2 is 1.59 bits per heavy atom. The second-order valence-electron chi connectivity index (χ2n) is 9.25. The van der Waals surface area contributed by atoms with Gasteiger partial charge in [0.2, 0.25) is 0 Å². The quantitative estimate of drug-likeness (QED) is 0.351. The molecule has 34 heavy (non-hydrogen) atoms. The van der Waals surface area contributed by atoms with Crippen LogP contribution < -0.4 is 5.32 Å². The first kappa shape index (κ1) is 22.4. The zero-order valence-electron chi connectivity index (χ0n) is 20.1. The standard InChI is InChI=1S/C29H30N4S/c1-19-14-20(2)16-24(15-19)33-21(3)17-25(22(33)4)28-27(26-12-8-9-13-30-26)31-29(34)32(28)18-23-10-6-5-7-11-23/h5-17,27-28H,18H2,1-4H3,(H,31,34)/t27-,28+/m1/s1. The lowest BCUT2D eigenvalue weighted by atomic mass is 9.96. The third-order valence-corrected chi connectivity index (χ3v) is 7.00. The summed E-state index contributed by atoms with van der Waals surface area (Å²) in [7, 11) is 0. The zero-order valence-corrected chi connectivity index (χ0v) is 20.9. The summed E-state index contributed by atoms with van der Waals surface area (Å²) < 4.78 is 2.37. The van der Waals surface area contributed by atoms with Crippen molar-refractivity contribution >= 4 is 17.3 Å². The van der Waals surface area contributed by atoms with Crippen molar-refractivity contribution in [1.82, 2.24) is 19.8 Å². The van der Waals surface area contributed by atoms with Gasteiger partial charge in [-0.3, -0.25) is 4.98 Å². The molecule has 2 atom stereocenters. The highest BCUT2D eigenvalue weighted by Crippen LogP contribution is 2.42. The molecule has 2 aromatic carbocycles. The van der Waals surface area contributed by atoms with E-state index in [9.17, 15) is 0 Å². The second-order valence-corrected chi connectivity index (χ2v) is 9.63. The lowest BCUT2D eigenvalue weighted by Crippen LogP contribution is -2.29. The summed E-state index contributed by atoms with van der Waals surface area (Å²) in [6.45, 7) is 9.46. The summed E-state index contributed by atoms with van der Waals surface area (Å²) in [5.74, 6) is 0. The zero-order chi connectivity index (χ0) is 23.8. The SMILES string of the molecule is Cc1cc(C)cc(-n2c(C)cc([C@H]3[C@@H](c4ccccn4)NC(=S)N3Cc3ccccc3)c2C)c1. The van der Waals surface area contributed by atoms with Crippen molar-refractivity contribution in [2.24, 2.45) is 0 Å². The van der Waals surface area contributed by atoms with Gasteiger partial charge in [0, 0.05) is 29.8 Å². The molecule has 2 aromatic heterocycles. The largest absolute Gasteiger partial charge is 0.352 e. The van der Waals surface area contributed by atoms with E-state index in [0.29, 0.717) is 0 Å². The summed E-state index contributed by atoms with van der Waals surface area (Å²) in [5.41, 5.74) is 9.71. The van der Waals surface area contributed by atoms with Gasteiger partial charge in [0.1, 0.15) is 0 Å². The number of hydrogen-bond donors (Lipinski definition) is 1. The number of hydrogen-bond acceptors (Lipinski definition) is 2. The number of thiocarbonyl (C=S) groups is 1. The first-order chi connectivity index (χ1) is 16.4. The lowest BCUT2D eigenvalue weighted by Gasteiger charge is -2.28. The molecule has 0 aliphatic carbocycles. The highest BCUT2D eigenvalue weighted by molar-refractivity contribution is 7.80. The molecule has 1 N–H and O–H groups in total. The Bertz CT molecular complexity index is 1310. The predicted octanol–water partition coefficient (Wildman–Crippen LogP) is 6.28. The van der Waals surface area contributed by atoms with E-state index in [-0.39, 0.29) is 12.1 Å². The molecule has 0 bridgehead atoms. The molecule has 4 aromatic rings. The number of nitrogens with zero attached hydrogens (tertiary/aromatic N) is 3. The van der Waals surface area contributed by atoms with Crippen LogP contribution in [0.4, 0.5) is 0 Å². The van der Waals surface area contributed by atoms with Crippen molar-refractivity contribution in [1.29, 1.82) is 0 Å². The van der Waals surface area contributed by atoms with E-state index in [0.717, 1.165) is 17.4 Å². The molecule has 1 aliphatic heterocycles. The molecule has 1 aliphatic rings. The van der Waals surface area contributed by atoms with Crippen LogP contribution in [0.15, 0.2) is 79.0 Å². The Kier molecular flexibility index (Phi) is 5.96. The monoisotopic (exact) mass is 466 g/mol. The second kappa shape index (κ2) is 9.07. The van der Waals surface area contributed by atoms with Crippen LogP contribution in [0.5, 0.6) is 0 Å². The van der Waals surface area contributed by atoms with Gasteiger partial charge in [-0.25, -0.2) is 0 Å². The van der Waals surface area contributed by atoms with Crippen LogP contribution in [0.25, 0.3) is 5.69 Å². The van der Waals surface area contributed by atoms with Gasteiger partial charge in [0.25, 0.3) is 0 Å². The molecule has 5 rings (SSSR count). The molecule has 3 heterocycles. The van der Waals surface area contributed by atoms with Crippen LogP contribution in [0.2, 0.25) is 0 Å². The number of benzene rings is 2. The topological polar surface area (TPSA) is 33.1 Å². The van der Waals surface area contributed by atoms with E-state index in [1.807, 2.05) is 18.3 Å². The number of aryl methyl sites for hydroxylation is 3. The molecule has 5 heteroatoms. The number of aromatic nitrogens is 2. The van der Waals surface area contributed by atoms with Crippen LogP contribution in [0.3, 0.4) is 0 Å². The fraction of sp³-hybridized carbons (Fsp3) is 0.241. The van der Waals surface area contributed by atoms with Crippen LogP contribution in [0, 0.1) is 27.7 Å². The van der Waals surface area contributed by atoms with Gasteiger partial charge < -0.3 is 14.8 Å². The van der Waals surface area contributed by atoms with Crippen LogP contribution in [-0.2, 0) is 6.54 Å². The molecule has 0 unspecified atom stereocenters. The predicted molar refractivity (Wildman–Crippen MR) is 142 cm³/mol. The molecule has 1 fully saturated rings. The Labute approximate surface area is 207 Å². The van der Waals surface area contributed by atoms with E-state index in [2.05, 4.69) is 103 Å². The summed E-state index contributed by atoms with van der Waals surface area (Å²) in [6, 6.07) is 25.7. The summed E-state index contributed by atoms with van der Waals surface area (Å²) in [4.78, 5) is 7.01. The van der Waals surface area contributed by atoms with Crippen LogP contribution >= 0.6 is 12.2 Å². The van der Waals surface area contributed by atoms with Gasteiger partial charge in [-0.15, -0.1) is 0 Å². The first-order valence-corrected chi connectivity index (χ1v) is 12.1. The van der Waals surface area contributed by atoms with Gasteiger partial charge in [0.05, 0.1) is 17.8 Å². The highest BCUT2D eigenvalue weighted by atomic mass is 32.1. The van der Waals surface area contributed by atoms with E-state index in [4.69, 9.17) is 17.2 Å². The average molecular weight is 467 g/mol. The average Bonchev–Trinajstić information content (AvgIpc) is 3.29. The minimum absolute atomic E-state index is 0.0226. The summed E-state index contributed by atoms with van der Waals surface area (Å²) in [5, 5.41) is 4.35. The Morgan fingerprint density at radius 3 is 2.26 bits per heavy atom. The number of nitrogens with one attached hydrogen (secondary N) is 1. The number of pyridine rings is 1. The lowest BCUT2D eigenvalue weighted by molar-refractivity contribution is 0.310. The molecule has 1 saturated heterocycles. The number of rotatable bonds is 5. The van der Waals surface area contributed by atoms with Crippen molar-refractivity contribution in [3.8, 4) is 5.69 Å². The van der Waals surface area contributed by atoms with Crippen molar-refractivity contribution in [3.05, 3.63) is 118 Å². The van der Waals surface area contributed by atoms with E-state index in [1.54, 1.807) is 0 Å². The molecule has 4 nitrogen and oxygen atoms in total. The van der Waals surface area contributed by atoms with Gasteiger partial charge in [-0.2, -0.15) is 0 Å². The van der Waals surface area contributed by atoms with Crippen molar-refractivity contribution < 1.29 is 0 Å². The summed E-state index contributed by atoms with van der Waals surface area (Å²) in [6.07, 6.45) is 1.86. The smallest absolute Gasteiger partial charge is 0.170 e. The van der Waals surface area contributed by atoms with E-state index in [1.165, 1.54) is 39.3 Å².